The summed E-state index contributed by atoms with van der Waals surface area (Å²) in [7, 11) is 0. The van der Waals surface area contributed by atoms with E-state index >= 15 is 0 Å². The standard InChI is InChI=1S/C28H30N6O3/c1-2-3-6-25(35)34(28(27(36)37)15-4-5-16-28)18-19-7-13-24-22(17-19)12-14-23(29-24)20-8-10-21(11-9-20)26-30-32-33-31-26/h7-14,17H,2-6,15-16,18H2,1H3,(H,36,37)(H,30,31,32,33). The number of aromatic nitrogens is 5. The van der Waals surface area contributed by atoms with Gasteiger partial charge >= 0.3 is 5.97 Å². The molecule has 1 aliphatic rings. The van der Waals surface area contributed by atoms with Gasteiger partial charge in [0.2, 0.25) is 11.7 Å². The average molecular weight is 499 g/mol. The van der Waals surface area contributed by atoms with Gasteiger partial charge in [-0.2, -0.15) is 5.21 Å². The minimum atomic E-state index is -1.12. The van der Waals surface area contributed by atoms with Gasteiger partial charge in [-0.15, -0.1) is 10.2 Å². The van der Waals surface area contributed by atoms with Gasteiger partial charge < -0.3 is 10.0 Å². The molecule has 0 spiro atoms. The SMILES string of the molecule is CCCCC(=O)N(Cc1ccc2nc(-c3ccc(-c4nn[nH]n4)cc3)ccc2c1)C1(C(=O)O)CCCC1. The van der Waals surface area contributed by atoms with Gasteiger partial charge in [-0.25, -0.2) is 9.78 Å². The molecular weight excluding hydrogens is 468 g/mol. The largest absolute Gasteiger partial charge is 0.479 e. The number of carboxylic acids is 1. The summed E-state index contributed by atoms with van der Waals surface area (Å²) in [5.74, 6) is -0.439. The quantitative estimate of drug-likeness (QED) is 0.333. The molecule has 2 aromatic carbocycles. The van der Waals surface area contributed by atoms with Gasteiger partial charge in [-0.3, -0.25) is 4.79 Å². The van der Waals surface area contributed by atoms with E-state index in [-0.39, 0.29) is 12.5 Å². The topological polar surface area (TPSA) is 125 Å². The zero-order valence-electron chi connectivity index (χ0n) is 20.9. The fraction of sp³-hybridized carbons (Fsp3) is 0.357. The van der Waals surface area contributed by atoms with E-state index in [1.807, 2.05) is 61.5 Å². The number of tetrazole rings is 1. The number of carbonyl (C=O) groups is 2. The Hall–Kier alpha value is -4.14. The summed E-state index contributed by atoms with van der Waals surface area (Å²) in [6, 6.07) is 17.7. The summed E-state index contributed by atoms with van der Waals surface area (Å²) < 4.78 is 0. The van der Waals surface area contributed by atoms with Crippen LogP contribution < -0.4 is 0 Å². The lowest BCUT2D eigenvalue weighted by Gasteiger charge is -2.38. The molecule has 0 aliphatic heterocycles. The number of nitrogens with one attached hydrogen (secondary N) is 1. The number of benzene rings is 2. The maximum Gasteiger partial charge on any atom is 0.329 e. The van der Waals surface area contributed by atoms with Crippen LogP contribution in [-0.2, 0) is 16.1 Å². The highest BCUT2D eigenvalue weighted by molar-refractivity contribution is 5.88. The van der Waals surface area contributed by atoms with Crippen molar-refractivity contribution < 1.29 is 14.7 Å². The second-order valence-corrected chi connectivity index (χ2v) is 9.66. The van der Waals surface area contributed by atoms with Gasteiger partial charge in [-0.05, 0) is 48.2 Å². The van der Waals surface area contributed by atoms with Crippen molar-refractivity contribution in [2.75, 3.05) is 0 Å². The van der Waals surface area contributed by atoms with Crippen LogP contribution in [0.1, 0.15) is 57.4 Å². The minimum absolute atomic E-state index is 0.0796. The third kappa shape index (κ3) is 4.94. The highest BCUT2D eigenvalue weighted by Crippen LogP contribution is 2.37. The average Bonchev–Trinajstić information content (AvgIpc) is 3.64. The van der Waals surface area contributed by atoms with Crippen molar-refractivity contribution in [2.24, 2.45) is 0 Å². The number of unbranched alkanes of at least 4 members (excludes halogenated alkanes) is 1. The highest BCUT2D eigenvalue weighted by Gasteiger charge is 2.48. The molecule has 37 heavy (non-hydrogen) atoms. The molecule has 0 radical (unpaired) electrons. The summed E-state index contributed by atoms with van der Waals surface area (Å²) in [4.78, 5) is 32.1. The van der Waals surface area contributed by atoms with E-state index in [0.29, 0.717) is 25.1 Å². The van der Waals surface area contributed by atoms with E-state index in [1.165, 1.54) is 0 Å². The number of rotatable bonds is 9. The third-order valence-electron chi connectivity index (χ3n) is 7.27. The van der Waals surface area contributed by atoms with Crippen molar-refractivity contribution in [3.8, 4) is 22.6 Å². The van der Waals surface area contributed by atoms with Crippen LogP contribution in [0.15, 0.2) is 54.6 Å². The van der Waals surface area contributed by atoms with Crippen LogP contribution >= 0.6 is 0 Å². The zero-order chi connectivity index (χ0) is 25.8. The van der Waals surface area contributed by atoms with Crippen LogP contribution in [0.2, 0.25) is 0 Å². The van der Waals surface area contributed by atoms with E-state index < -0.39 is 11.5 Å². The molecule has 2 aromatic heterocycles. The summed E-state index contributed by atoms with van der Waals surface area (Å²) in [5, 5.41) is 25.2. The first-order valence-corrected chi connectivity index (χ1v) is 12.8. The number of H-pyrrole nitrogens is 1. The first kappa shape index (κ1) is 24.5. The van der Waals surface area contributed by atoms with Crippen LogP contribution in [0.3, 0.4) is 0 Å². The van der Waals surface area contributed by atoms with Gasteiger partial charge in [0.25, 0.3) is 0 Å². The molecule has 0 saturated heterocycles. The van der Waals surface area contributed by atoms with Crippen molar-refractivity contribution in [2.45, 2.75) is 64.0 Å². The lowest BCUT2D eigenvalue weighted by molar-refractivity contribution is -0.160. The summed E-state index contributed by atoms with van der Waals surface area (Å²) in [6.07, 6.45) is 4.67. The summed E-state index contributed by atoms with van der Waals surface area (Å²) in [6.45, 7) is 2.32. The second kappa shape index (κ2) is 10.5. The number of fused-ring (bicyclic) bond motifs is 1. The van der Waals surface area contributed by atoms with Crippen LogP contribution in [0, 0.1) is 0 Å². The van der Waals surface area contributed by atoms with Crippen molar-refractivity contribution >= 4 is 22.8 Å². The number of pyridine rings is 1. The number of carbonyl (C=O) groups excluding carboxylic acids is 1. The van der Waals surface area contributed by atoms with E-state index in [1.54, 1.807) is 4.90 Å². The number of carboxylic acid groups (broad SMARTS) is 1. The van der Waals surface area contributed by atoms with Gasteiger partial charge in [0.15, 0.2) is 0 Å². The highest BCUT2D eigenvalue weighted by atomic mass is 16.4. The van der Waals surface area contributed by atoms with E-state index in [9.17, 15) is 14.7 Å². The molecule has 4 aromatic rings. The van der Waals surface area contributed by atoms with Crippen LogP contribution in [0.4, 0.5) is 0 Å². The first-order chi connectivity index (χ1) is 18.0. The molecule has 0 unspecified atom stereocenters. The van der Waals surface area contributed by atoms with E-state index in [2.05, 4.69) is 20.6 Å². The predicted octanol–water partition coefficient (Wildman–Crippen LogP) is 5.00. The fourth-order valence-electron chi connectivity index (χ4n) is 5.19. The Morgan fingerprint density at radius 1 is 1.03 bits per heavy atom. The van der Waals surface area contributed by atoms with Gasteiger partial charge in [0, 0.05) is 29.5 Å². The summed E-state index contributed by atoms with van der Waals surface area (Å²) >= 11 is 0. The lowest BCUT2D eigenvalue weighted by Crippen LogP contribution is -2.55. The van der Waals surface area contributed by atoms with E-state index in [0.717, 1.165) is 59.0 Å². The Labute approximate surface area is 214 Å². The van der Waals surface area contributed by atoms with Gasteiger partial charge in [-0.1, -0.05) is 62.6 Å². The fourth-order valence-corrected chi connectivity index (χ4v) is 5.19. The normalized spacial score (nSPS) is 14.6. The molecule has 0 bridgehead atoms. The zero-order valence-corrected chi connectivity index (χ0v) is 20.9. The molecule has 1 aliphatic carbocycles. The van der Waals surface area contributed by atoms with Crippen LogP contribution in [-0.4, -0.2) is 53.0 Å². The molecular formula is C28H30N6O3. The second-order valence-electron chi connectivity index (χ2n) is 9.66. The van der Waals surface area contributed by atoms with Gasteiger partial charge in [0.1, 0.15) is 5.54 Å². The third-order valence-corrected chi connectivity index (χ3v) is 7.27. The molecule has 0 atom stereocenters. The Morgan fingerprint density at radius 2 is 1.78 bits per heavy atom. The number of aromatic amines is 1. The lowest BCUT2D eigenvalue weighted by atomic mass is 9.93. The number of hydrogen-bond acceptors (Lipinski definition) is 6. The van der Waals surface area contributed by atoms with Crippen molar-refractivity contribution in [1.29, 1.82) is 0 Å². The minimum Gasteiger partial charge on any atom is -0.479 e. The maximum absolute atomic E-state index is 13.2. The Bertz CT molecular complexity index is 1400. The molecule has 190 valence electrons. The molecule has 9 nitrogen and oxygen atoms in total. The van der Waals surface area contributed by atoms with Crippen LogP contribution in [0.5, 0.6) is 0 Å². The summed E-state index contributed by atoms with van der Waals surface area (Å²) in [5.41, 5.74) is 3.30. The van der Waals surface area contributed by atoms with Crippen molar-refractivity contribution in [3.05, 3.63) is 60.2 Å². The molecule has 1 fully saturated rings. The first-order valence-electron chi connectivity index (χ1n) is 12.8. The molecule has 9 heteroatoms. The Balaban J connectivity index is 1.40. The number of amides is 1. The molecule has 1 saturated carbocycles. The number of hydrogen-bond donors (Lipinski definition) is 2. The Morgan fingerprint density at radius 3 is 2.46 bits per heavy atom. The van der Waals surface area contributed by atoms with Crippen molar-refractivity contribution in [1.82, 2.24) is 30.5 Å². The van der Waals surface area contributed by atoms with Crippen LogP contribution in [0.25, 0.3) is 33.5 Å². The number of nitrogens with zero attached hydrogens (tertiary/aromatic N) is 5. The van der Waals surface area contributed by atoms with E-state index in [4.69, 9.17) is 4.98 Å². The Kier molecular flexibility index (Phi) is 6.94. The molecule has 2 heterocycles. The van der Waals surface area contributed by atoms with Gasteiger partial charge in [0.05, 0.1) is 11.2 Å². The number of aliphatic carboxylic acids is 1. The molecule has 5 rings (SSSR count). The monoisotopic (exact) mass is 498 g/mol. The maximum atomic E-state index is 13.2. The molecule has 2 N–H and O–H groups in total. The molecule has 1 amide bonds. The smallest absolute Gasteiger partial charge is 0.329 e. The van der Waals surface area contributed by atoms with Crippen molar-refractivity contribution in [3.63, 3.8) is 0 Å². The predicted molar refractivity (Wildman–Crippen MR) is 139 cm³/mol.